The molecule has 0 atom stereocenters. The van der Waals surface area contributed by atoms with Gasteiger partial charge in [0.1, 0.15) is 31.5 Å². The SMILES string of the molecule is C=C(CS)CCOc1cc(OCCOC(=O)C(=C)CS)cc(-c2ccc(C3CCC(CCCCC)CC3)cc2)c1.C=O.CO. The Hall–Kier alpha value is -2.68. The molecular weight excluding hydrogens is 593 g/mol. The maximum Gasteiger partial charge on any atom is 0.334 e. The van der Waals surface area contributed by atoms with Gasteiger partial charge in [0.05, 0.1) is 6.61 Å². The van der Waals surface area contributed by atoms with Crippen LogP contribution in [0.4, 0.5) is 0 Å². The summed E-state index contributed by atoms with van der Waals surface area (Å²) < 4.78 is 17.2. The van der Waals surface area contributed by atoms with Gasteiger partial charge in [0, 0.05) is 36.7 Å². The van der Waals surface area contributed by atoms with Crippen molar-refractivity contribution in [2.75, 3.05) is 38.4 Å². The number of benzene rings is 2. The molecular formula is C36H52O6S2. The Morgan fingerprint density at radius 3 is 2.02 bits per heavy atom. The summed E-state index contributed by atoms with van der Waals surface area (Å²) in [6, 6.07) is 14.9. The van der Waals surface area contributed by atoms with Crippen LogP contribution in [0.15, 0.2) is 66.8 Å². The molecule has 0 radical (unpaired) electrons. The third-order valence-electron chi connectivity index (χ3n) is 7.67. The standard InChI is InChI=1S/C34H46O4S2.CH4O.CH2O/c1-4-5-6-7-27-8-10-28(11-9-27)29-12-14-30(15-13-29)31-20-32(36-17-16-25(2)23-39)22-33(21-31)37-18-19-38-34(35)26(3)24-40;2*1-2/h12-15,20-22,27-28,39-40H,2-11,16-19,23-24H2,1H3;2H,1H3;1H2. The average molecular weight is 645 g/mol. The fourth-order valence-corrected chi connectivity index (χ4v) is 5.46. The number of carbonyl (C=O) groups is 2. The van der Waals surface area contributed by atoms with E-state index in [1.54, 1.807) is 0 Å². The highest BCUT2D eigenvalue weighted by molar-refractivity contribution is 7.80. The van der Waals surface area contributed by atoms with Crippen molar-refractivity contribution in [1.29, 1.82) is 0 Å². The monoisotopic (exact) mass is 644 g/mol. The molecule has 0 aromatic heterocycles. The zero-order valence-electron chi connectivity index (χ0n) is 26.6. The molecule has 0 amide bonds. The van der Waals surface area contributed by atoms with Gasteiger partial charge in [-0.1, -0.05) is 75.6 Å². The summed E-state index contributed by atoms with van der Waals surface area (Å²) in [6.45, 7) is 12.8. The van der Waals surface area contributed by atoms with Crippen LogP contribution in [0.3, 0.4) is 0 Å². The Balaban J connectivity index is 0.00000232. The van der Waals surface area contributed by atoms with Crippen molar-refractivity contribution >= 4 is 38.0 Å². The lowest BCUT2D eigenvalue weighted by Crippen LogP contribution is -2.14. The summed E-state index contributed by atoms with van der Waals surface area (Å²) in [6.07, 6.45) is 11.5. The molecule has 0 unspecified atom stereocenters. The Bertz CT molecular complexity index is 1110. The van der Waals surface area contributed by atoms with Crippen LogP contribution in [0.2, 0.25) is 0 Å². The zero-order chi connectivity index (χ0) is 32.7. The van der Waals surface area contributed by atoms with E-state index in [1.165, 1.54) is 56.9 Å². The lowest BCUT2D eigenvalue weighted by atomic mass is 9.77. The van der Waals surface area contributed by atoms with Gasteiger partial charge in [-0.2, -0.15) is 25.3 Å². The first-order valence-corrected chi connectivity index (χ1v) is 16.7. The van der Waals surface area contributed by atoms with Crippen molar-refractivity contribution < 1.29 is 28.9 Å². The van der Waals surface area contributed by atoms with Crippen LogP contribution in [0, 0.1) is 5.92 Å². The molecule has 244 valence electrons. The summed E-state index contributed by atoms with van der Waals surface area (Å²) in [5.74, 6) is 3.42. The van der Waals surface area contributed by atoms with E-state index in [0.29, 0.717) is 29.6 Å². The third-order valence-corrected chi connectivity index (χ3v) is 8.50. The zero-order valence-corrected chi connectivity index (χ0v) is 28.4. The third kappa shape index (κ3) is 14.4. The van der Waals surface area contributed by atoms with Crippen LogP contribution in [-0.4, -0.2) is 56.3 Å². The van der Waals surface area contributed by atoms with E-state index in [4.69, 9.17) is 24.1 Å². The largest absolute Gasteiger partial charge is 0.493 e. The van der Waals surface area contributed by atoms with Crippen LogP contribution in [-0.2, 0) is 14.3 Å². The Kier molecular flexibility index (Phi) is 21.2. The highest BCUT2D eigenvalue weighted by Gasteiger charge is 2.22. The van der Waals surface area contributed by atoms with Crippen LogP contribution >= 0.6 is 25.3 Å². The number of unbranched alkanes of at least 4 members (excludes halogenated alkanes) is 2. The van der Waals surface area contributed by atoms with Crippen molar-refractivity contribution in [2.45, 2.75) is 70.6 Å². The molecule has 1 N–H and O–H groups in total. The number of aliphatic hydroxyl groups excluding tert-OH is 1. The Labute approximate surface area is 276 Å². The predicted molar refractivity (Wildman–Crippen MR) is 189 cm³/mol. The number of hydrogen-bond acceptors (Lipinski definition) is 8. The number of carbonyl (C=O) groups excluding carboxylic acids is 2. The van der Waals surface area contributed by atoms with Gasteiger partial charge in [0.15, 0.2) is 0 Å². The fourth-order valence-electron chi connectivity index (χ4n) is 5.17. The average Bonchev–Trinajstić information content (AvgIpc) is 3.08. The normalized spacial score (nSPS) is 15.5. The van der Waals surface area contributed by atoms with Crippen molar-refractivity contribution in [3.63, 3.8) is 0 Å². The van der Waals surface area contributed by atoms with E-state index >= 15 is 0 Å². The summed E-state index contributed by atoms with van der Waals surface area (Å²) in [4.78, 5) is 19.8. The molecule has 8 heteroatoms. The second kappa shape index (κ2) is 23.7. The number of thiol groups is 2. The molecule has 1 aliphatic carbocycles. The molecule has 0 bridgehead atoms. The first-order valence-electron chi connectivity index (χ1n) is 15.4. The Morgan fingerprint density at radius 2 is 1.45 bits per heavy atom. The summed E-state index contributed by atoms with van der Waals surface area (Å²) in [5.41, 5.74) is 4.93. The second-order valence-corrected chi connectivity index (χ2v) is 11.4. The number of esters is 1. The van der Waals surface area contributed by atoms with Crippen LogP contribution in [0.25, 0.3) is 11.1 Å². The molecule has 1 saturated carbocycles. The summed E-state index contributed by atoms with van der Waals surface area (Å²) >= 11 is 8.34. The van der Waals surface area contributed by atoms with Crippen LogP contribution < -0.4 is 9.47 Å². The number of aliphatic hydroxyl groups is 1. The molecule has 0 aliphatic heterocycles. The fraction of sp³-hybridized carbons (Fsp3) is 0.500. The quantitative estimate of drug-likeness (QED) is 0.0529. The molecule has 0 saturated heterocycles. The number of hydrogen-bond donors (Lipinski definition) is 3. The van der Waals surface area contributed by atoms with Gasteiger partial charge in [-0.05, 0) is 66.3 Å². The molecule has 0 spiro atoms. The molecule has 2 aromatic rings. The van der Waals surface area contributed by atoms with Crippen molar-refractivity contribution in [1.82, 2.24) is 0 Å². The summed E-state index contributed by atoms with van der Waals surface area (Å²) in [7, 11) is 1.00. The van der Waals surface area contributed by atoms with E-state index in [1.807, 2.05) is 25.0 Å². The molecule has 1 fully saturated rings. The van der Waals surface area contributed by atoms with Gasteiger partial charge in [0.25, 0.3) is 0 Å². The van der Waals surface area contributed by atoms with Gasteiger partial charge in [-0.25, -0.2) is 4.79 Å². The van der Waals surface area contributed by atoms with Crippen LogP contribution in [0.1, 0.15) is 76.2 Å². The predicted octanol–water partition coefficient (Wildman–Crippen LogP) is 8.29. The molecule has 6 nitrogen and oxygen atoms in total. The lowest BCUT2D eigenvalue weighted by Gasteiger charge is -2.29. The van der Waals surface area contributed by atoms with Crippen LogP contribution in [0.5, 0.6) is 11.5 Å². The molecule has 0 heterocycles. The highest BCUT2D eigenvalue weighted by Crippen LogP contribution is 2.39. The van der Waals surface area contributed by atoms with E-state index in [2.05, 4.69) is 69.6 Å². The van der Waals surface area contributed by atoms with Gasteiger partial charge in [-0.15, -0.1) is 0 Å². The minimum atomic E-state index is -0.453. The summed E-state index contributed by atoms with van der Waals surface area (Å²) in [5, 5.41) is 7.00. The van der Waals surface area contributed by atoms with Crippen molar-refractivity contribution in [2.24, 2.45) is 5.92 Å². The smallest absolute Gasteiger partial charge is 0.334 e. The van der Waals surface area contributed by atoms with E-state index in [9.17, 15) is 4.79 Å². The number of ether oxygens (including phenoxy) is 3. The molecule has 1 aliphatic rings. The van der Waals surface area contributed by atoms with E-state index < -0.39 is 5.97 Å². The minimum Gasteiger partial charge on any atom is -0.493 e. The van der Waals surface area contributed by atoms with Gasteiger partial charge >= 0.3 is 5.97 Å². The maximum absolute atomic E-state index is 11.8. The van der Waals surface area contributed by atoms with E-state index in [0.717, 1.165) is 41.9 Å². The topological polar surface area (TPSA) is 82.1 Å². The first-order chi connectivity index (χ1) is 21.4. The molecule has 2 aromatic carbocycles. The highest BCUT2D eigenvalue weighted by atomic mass is 32.1. The molecule has 44 heavy (non-hydrogen) atoms. The van der Waals surface area contributed by atoms with Gasteiger partial charge < -0.3 is 24.1 Å². The van der Waals surface area contributed by atoms with Gasteiger partial charge in [0.2, 0.25) is 0 Å². The Morgan fingerprint density at radius 1 is 0.841 bits per heavy atom. The van der Waals surface area contributed by atoms with Gasteiger partial charge in [-0.3, -0.25) is 0 Å². The van der Waals surface area contributed by atoms with Crippen molar-refractivity contribution in [3.8, 4) is 22.6 Å². The molecule has 3 rings (SSSR count). The lowest BCUT2D eigenvalue weighted by molar-refractivity contribution is -0.139. The van der Waals surface area contributed by atoms with E-state index in [-0.39, 0.29) is 19.0 Å². The maximum atomic E-state index is 11.8. The first kappa shape index (κ1) is 39.3. The number of rotatable bonds is 17. The minimum absolute atomic E-state index is 0.128. The van der Waals surface area contributed by atoms with Crippen molar-refractivity contribution in [3.05, 3.63) is 72.3 Å². The second-order valence-electron chi connectivity index (χ2n) is 10.8.